The number of rotatable bonds is 9. The number of halogens is 1. The standard InChI is InChI=1S/C26H24ClN7O3/c27-18-7-8-32-15-29-22(23(32)9-18)10-28-26(37)20-14-34(31-21(20)4-6-25(35)36)13-19-12-33-11-17(16-1-2-16)3-5-24(33)30-19/h3,5,7-9,11-12,14-16H,1-2,4,6,10,13H2,(H,28,37)(H,35,36). The number of amides is 1. The maximum Gasteiger partial charge on any atom is 0.303 e. The minimum absolute atomic E-state index is 0.125. The molecule has 0 unspecified atom stereocenters. The molecule has 5 aromatic rings. The number of carbonyl (C=O) groups excluding carboxylic acids is 1. The number of fused-ring (bicyclic) bond motifs is 2. The molecule has 10 nitrogen and oxygen atoms in total. The fourth-order valence-corrected chi connectivity index (χ4v) is 4.68. The summed E-state index contributed by atoms with van der Waals surface area (Å²) in [6.07, 6.45) is 11.7. The number of aromatic nitrogens is 6. The Labute approximate surface area is 216 Å². The van der Waals surface area contributed by atoms with E-state index in [2.05, 4.69) is 32.6 Å². The van der Waals surface area contributed by atoms with E-state index >= 15 is 0 Å². The molecule has 1 amide bonds. The molecule has 1 saturated carbocycles. The summed E-state index contributed by atoms with van der Waals surface area (Å²) in [4.78, 5) is 33.4. The Balaban J connectivity index is 1.22. The summed E-state index contributed by atoms with van der Waals surface area (Å²) in [6.45, 7) is 0.549. The Morgan fingerprint density at radius 3 is 2.78 bits per heavy atom. The lowest BCUT2D eigenvalue weighted by Gasteiger charge is -2.04. The topological polar surface area (TPSA) is 119 Å². The van der Waals surface area contributed by atoms with E-state index in [1.807, 2.05) is 21.1 Å². The van der Waals surface area contributed by atoms with Crippen LogP contribution < -0.4 is 5.32 Å². The molecule has 37 heavy (non-hydrogen) atoms. The molecule has 0 radical (unpaired) electrons. The highest BCUT2D eigenvalue weighted by atomic mass is 35.5. The van der Waals surface area contributed by atoms with E-state index in [4.69, 9.17) is 11.6 Å². The third kappa shape index (κ3) is 4.92. The maximum atomic E-state index is 13.1. The van der Waals surface area contributed by atoms with Gasteiger partial charge in [0.1, 0.15) is 5.65 Å². The summed E-state index contributed by atoms with van der Waals surface area (Å²) in [7, 11) is 0. The fourth-order valence-electron chi connectivity index (χ4n) is 4.52. The van der Waals surface area contributed by atoms with Crippen LogP contribution in [0.5, 0.6) is 0 Å². The van der Waals surface area contributed by atoms with Gasteiger partial charge in [-0.2, -0.15) is 5.10 Å². The minimum atomic E-state index is -0.950. The molecular formula is C26H24ClN7O3. The number of hydrogen-bond donors (Lipinski definition) is 2. The lowest BCUT2D eigenvalue weighted by Crippen LogP contribution is -2.24. The summed E-state index contributed by atoms with van der Waals surface area (Å²) in [5.74, 6) is -0.649. The van der Waals surface area contributed by atoms with E-state index in [-0.39, 0.29) is 25.3 Å². The van der Waals surface area contributed by atoms with Crippen molar-refractivity contribution in [3.63, 3.8) is 0 Å². The first-order chi connectivity index (χ1) is 17.9. The number of aryl methyl sites for hydroxylation is 1. The summed E-state index contributed by atoms with van der Waals surface area (Å²) >= 11 is 6.11. The van der Waals surface area contributed by atoms with Crippen LogP contribution in [0.4, 0.5) is 0 Å². The number of carbonyl (C=O) groups is 2. The Bertz CT molecular complexity index is 1650. The molecule has 6 rings (SSSR count). The zero-order valence-electron chi connectivity index (χ0n) is 19.8. The average molecular weight is 518 g/mol. The number of nitrogens with one attached hydrogen (secondary N) is 1. The van der Waals surface area contributed by atoms with Gasteiger partial charge < -0.3 is 19.2 Å². The Kier molecular flexibility index (Phi) is 5.88. The molecule has 1 aliphatic rings. The number of nitrogens with zero attached hydrogens (tertiary/aromatic N) is 6. The van der Waals surface area contributed by atoms with Crippen LogP contribution in [-0.2, 0) is 24.3 Å². The van der Waals surface area contributed by atoms with E-state index in [0.717, 1.165) is 16.9 Å². The first-order valence-corrected chi connectivity index (χ1v) is 12.5. The van der Waals surface area contributed by atoms with Gasteiger partial charge >= 0.3 is 5.97 Å². The maximum absolute atomic E-state index is 13.1. The number of carboxylic acid groups (broad SMARTS) is 1. The molecule has 1 aliphatic carbocycles. The summed E-state index contributed by atoms with van der Waals surface area (Å²) in [5.41, 5.74) is 5.20. The van der Waals surface area contributed by atoms with E-state index in [1.54, 1.807) is 35.5 Å². The third-order valence-corrected chi connectivity index (χ3v) is 6.79. The van der Waals surface area contributed by atoms with Crippen LogP contribution in [-0.4, -0.2) is 45.5 Å². The predicted molar refractivity (Wildman–Crippen MR) is 136 cm³/mol. The zero-order valence-corrected chi connectivity index (χ0v) is 20.6. The van der Waals surface area contributed by atoms with E-state index in [9.17, 15) is 14.7 Å². The van der Waals surface area contributed by atoms with Gasteiger partial charge in [-0.3, -0.25) is 14.3 Å². The van der Waals surface area contributed by atoms with Gasteiger partial charge in [0, 0.05) is 36.2 Å². The van der Waals surface area contributed by atoms with Gasteiger partial charge in [0.25, 0.3) is 5.91 Å². The molecule has 5 heterocycles. The number of aliphatic carboxylic acids is 1. The molecule has 2 N–H and O–H groups in total. The van der Waals surface area contributed by atoms with Gasteiger partial charge in [0.05, 0.1) is 54.0 Å². The summed E-state index contributed by atoms with van der Waals surface area (Å²) < 4.78 is 5.49. The highest BCUT2D eigenvalue weighted by Gasteiger charge is 2.24. The Hall–Kier alpha value is -4.18. The number of pyridine rings is 2. The SMILES string of the molecule is O=C(O)CCc1nn(Cc2cn3cc(C4CC4)ccc3n2)cc1C(=O)NCc1ncn2ccc(Cl)cc12. The van der Waals surface area contributed by atoms with Crippen molar-refractivity contribution in [1.29, 1.82) is 0 Å². The van der Waals surface area contributed by atoms with Gasteiger partial charge in [0.15, 0.2) is 0 Å². The van der Waals surface area contributed by atoms with Crippen molar-refractivity contribution < 1.29 is 14.7 Å². The molecule has 1 fully saturated rings. The lowest BCUT2D eigenvalue weighted by molar-refractivity contribution is -0.137. The molecule has 0 aromatic carbocycles. The number of hydrogen-bond acceptors (Lipinski definition) is 5. The van der Waals surface area contributed by atoms with E-state index in [0.29, 0.717) is 34.4 Å². The van der Waals surface area contributed by atoms with Crippen molar-refractivity contribution in [2.45, 2.75) is 44.7 Å². The Morgan fingerprint density at radius 1 is 1.11 bits per heavy atom. The van der Waals surface area contributed by atoms with Gasteiger partial charge in [-0.25, -0.2) is 9.97 Å². The van der Waals surface area contributed by atoms with Crippen molar-refractivity contribution in [2.24, 2.45) is 0 Å². The van der Waals surface area contributed by atoms with Crippen molar-refractivity contribution >= 4 is 34.6 Å². The molecule has 0 saturated heterocycles. The summed E-state index contributed by atoms with van der Waals surface area (Å²) in [6, 6.07) is 7.69. The average Bonchev–Trinajstić information content (AvgIpc) is 3.35. The van der Waals surface area contributed by atoms with Crippen molar-refractivity contribution in [1.82, 2.24) is 33.9 Å². The largest absolute Gasteiger partial charge is 0.481 e. The highest BCUT2D eigenvalue weighted by Crippen LogP contribution is 2.39. The lowest BCUT2D eigenvalue weighted by atomic mass is 10.1. The van der Waals surface area contributed by atoms with Crippen molar-refractivity contribution in [2.75, 3.05) is 0 Å². The predicted octanol–water partition coefficient (Wildman–Crippen LogP) is 3.70. The van der Waals surface area contributed by atoms with Gasteiger partial charge in [0.2, 0.25) is 0 Å². The normalized spacial score (nSPS) is 13.4. The van der Waals surface area contributed by atoms with Gasteiger partial charge in [-0.05, 0) is 42.5 Å². The van der Waals surface area contributed by atoms with Gasteiger partial charge in [-0.1, -0.05) is 17.7 Å². The molecule has 0 atom stereocenters. The summed E-state index contributed by atoms with van der Waals surface area (Å²) in [5, 5.41) is 17.2. The third-order valence-electron chi connectivity index (χ3n) is 6.55. The van der Waals surface area contributed by atoms with Gasteiger partial charge in [-0.15, -0.1) is 0 Å². The van der Waals surface area contributed by atoms with E-state index < -0.39 is 5.97 Å². The van der Waals surface area contributed by atoms with Crippen molar-refractivity contribution in [3.8, 4) is 0 Å². The van der Waals surface area contributed by atoms with Crippen LogP contribution in [0.2, 0.25) is 5.02 Å². The second-order valence-electron chi connectivity index (χ2n) is 9.33. The van der Waals surface area contributed by atoms with Crippen LogP contribution in [0, 0.1) is 0 Å². The first-order valence-electron chi connectivity index (χ1n) is 12.1. The van der Waals surface area contributed by atoms with Crippen LogP contribution in [0.15, 0.2) is 55.4 Å². The molecule has 0 aliphatic heterocycles. The Morgan fingerprint density at radius 2 is 1.97 bits per heavy atom. The monoisotopic (exact) mass is 517 g/mol. The van der Waals surface area contributed by atoms with Crippen LogP contribution in [0.3, 0.4) is 0 Å². The minimum Gasteiger partial charge on any atom is -0.481 e. The smallest absolute Gasteiger partial charge is 0.303 e. The second-order valence-corrected chi connectivity index (χ2v) is 9.76. The first kappa shape index (κ1) is 23.2. The number of imidazole rings is 2. The second kappa shape index (κ2) is 9.36. The van der Waals surface area contributed by atoms with Crippen molar-refractivity contribution in [3.05, 3.63) is 88.6 Å². The fraction of sp³-hybridized carbons (Fsp3) is 0.269. The number of carboxylic acids is 1. The molecule has 0 spiro atoms. The molecule has 0 bridgehead atoms. The van der Waals surface area contributed by atoms with Crippen LogP contribution >= 0.6 is 11.6 Å². The highest BCUT2D eigenvalue weighted by molar-refractivity contribution is 6.30. The molecule has 188 valence electrons. The van der Waals surface area contributed by atoms with Crippen LogP contribution in [0.25, 0.3) is 11.2 Å². The quantitative estimate of drug-likeness (QED) is 0.308. The molecule has 11 heteroatoms. The van der Waals surface area contributed by atoms with Crippen LogP contribution in [0.1, 0.15) is 58.2 Å². The zero-order chi connectivity index (χ0) is 25.5. The molecule has 5 aromatic heterocycles. The van der Waals surface area contributed by atoms with E-state index in [1.165, 1.54) is 18.4 Å². The molecular weight excluding hydrogens is 494 g/mol.